The minimum Gasteiger partial charge on any atom is -0.492 e. The Bertz CT molecular complexity index is 998. The molecule has 0 aliphatic rings. The van der Waals surface area contributed by atoms with Gasteiger partial charge in [-0.3, -0.25) is 9.10 Å². The minimum absolute atomic E-state index is 0.152. The molecule has 0 spiro atoms. The van der Waals surface area contributed by atoms with Crippen molar-refractivity contribution >= 4 is 49.1 Å². The molecule has 0 aliphatic carbocycles. The summed E-state index contributed by atoms with van der Waals surface area (Å²) in [6.45, 7) is 4.98. The maximum atomic E-state index is 12.1. The number of nitrogens with one attached hydrogen (secondary N) is 1. The van der Waals surface area contributed by atoms with Crippen molar-refractivity contribution in [1.29, 1.82) is 0 Å². The third-order valence-electron chi connectivity index (χ3n) is 4.53. The van der Waals surface area contributed by atoms with Crippen molar-refractivity contribution in [2.45, 2.75) is 26.7 Å². The number of nitrogens with zero attached hydrogens (tertiary/aromatic N) is 1. The number of amides is 1. The van der Waals surface area contributed by atoms with Crippen LogP contribution in [0.2, 0.25) is 5.02 Å². The Hall–Kier alpha value is -1.77. The average Bonchev–Trinajstić information content (AvgIpc) is 2.66. The smallest absolute Gasteiger partial charge is 0.232 e. The molecule has 6 nitrogen and oxygen atoms in total. The van der Waals surface area contributed by atoms with Crippen LogP contribution in [0.5, 0.6) is 5.75 Å². The highest BCUT2D eigenvalue weighted by molar-refractivity contribution is 9.10. The summed E-state index contributed by atoms with van der Waals surface area (Å²) in [6, 6.07) is 10.8. The van der Waals surface area contributed by atoms with E-state index in [-0.39, 0.29) is 18.9 Å². The number of ether oxygens (including phenoxy) is 1. The summed E-state index contributed by atoms with van der Waals surface area (Å²) in [6.07, 6.45) is 1.72. The first kappa shape index (κ1) is 24.5. The third-order valence-corrected chi connectivity index (χ3v) is 6.95. The van der Waals surface area contributed by atoms with E-state index in [1.54, 1.807) is 18.2 Å². The number of hydrogen-bond donors (Lipinski definition) is 1. The second-order valence-electron chi connectivity index (χ2n) is 6.98. The van der Waals surface area contributed by atoms with Crippen molar-refractivity contribution in [2.75, 3.05) is 30.3 Å². The van der Waals surface area contributed by atoms with Crippen LogP contribution in [0.1, 0.15) is 24.0 Å². The van der Waals surface area contributed by atoms with Crippen molar-refractivity contribution < 1.29 is 17.9 Å². The summed E-state index contributed by atoms with van der Waals surface area (Å²) in [4.78, 5) is 12.1. The average molecular weight is 518 g/mol. The fraction of sp³-hybridized carbons (Fsp3) is 0.381. The molecule has 2 aromatic rings. The molecule has 0 heterocycles. The van der Waals surface area contributed by atoms with Crippen molar-refractivity contribution in [1.82, 2.24) is 5.32 Å². The molecule has 2 rings (SSSR count). The topological polar surface area (TPSA) is 75.7 Å². The zero-order chi connectivity index (χ0) is 22.3. The molecule has 2 aromatic carbocycles. The van der Waals surface area contributed by atoms with Gasteiger partial charge in [0.25, 0.3) is 0 Å². The Balaban J connectivity index is 1.78. The molecule has 0 fully saturated rings. The Morgan fingerprint density at radius 1 is 1.17 bits per heavy atom. The number of halogens is 2. The molecule has 9 heteroatoms. The van der Waals surface area contributed by atoms with E-state index in [9.17, 15) is 13.2 Å². The molecule has 0 atom stereocenters. The SMILES string of the molecule is Cc1ccc(OCCNC(=O)CCCN(c2ccc(Br)c(Cl)c2)S(C)(=O)=O)cc1C. The molecule has 0 aliphatic heterocycles. The van der Waals surface area contributed by atoms with Crippen LogP contribution in [-0.2, 0) is 14.8 Å². The van der Waals surface area contributed by atoms with E-state index >= 15 is 0 Å². The lowest BCUT2D eigenvalue weighted by molar-refractivity contribution is -0.121. The van der Waals surface area contributed by atoms with Gasteiger partial charge in [-0.15, -0.1) is 0 Å². The summed E-state index contributed by atoms with van der Waals surface area (Å²) in [5.41, 5.74) is 2.82. The second-order valence-corrected chi connectivity index (χ2v) is 10.1. The van der Waals surface area contributed by atoms with Crippen LogP contribution >= 0.6 is 27.5 Å². The monoisotopic (exact) mass is 516 g/mol. The maximum absolute atomic E-state index is 12.1. The lowest BCUT2D eigenvalue weighted by atomic mass is 10.1. The normalized spacial score (nSPS) is 11.2. The molecule has 0 saturated heterocycles. The van der Waals surface area contributed by atoms with Gasteiger partial charge in [0, 0.05) is 17.4 Å². The quantitative estimate of drug-likeness (QED) is 0.472. The number of carbonyl (C=O) groups is 1. The summed E-state index contributed by atoms with van der Waals surface area (Å²) < 4.78 is 31.9. The number of benzene rings is 2. The van der Waals surface area contributed by atoms with Crippen LogP contribution < -0.4 is 14.4 Å². The van der Waals surface area contributed by atoms with Gasteiger partial charge in [-0.25, -0.2) is 8.42 Å². The number of carbonyl (C=O) groups excluding carboxylic acids is 1. The van der Waals surface area contributed by atoms with Crippen LogP contribution in [0.25, 0.3) is 0 Å². The van der Waals surface area contributed by atoms with E-state index in [1.165, 1.54) is 9.87 Å². The number of sulfonamides is 1. The van der Waals surface area contributed by atoms with Gasteiger partial charge in [0.05, 0.1) is 23.5 Å². The van der Waals surface area contributed by atoms with Crippen LogP contribution in [0, 0.1) is 13.8 Å². The molecule has 0 saturated carbocycles. The van der Waals surface area contributed by atoms with Gasteiger partial charge >= 0.3 is 0 Å². The number of anilines is 1. The molecular weight excluding hydrogens is 492 g/mol. The van der Waals surface area contributed by atoms with E-state index < -0.39 is 10.0 Å². The third kappa shape index (κ3) is 7.49. The Morgan fingerprint density at radius 3 is 2.53 bits per heavy atom. The lowest BCUT2D eigenvalue weighted by Gasteiger charge is -2.22. The number of aryl methyl sites for hydroxylation is 2. The first-order valence-electron chi connectivity index (χ1n) is 9.47. The molecular formula is C21H26BrClN2O4S. The zero-order valence-corrected chi connectivity index (χ0v) is 20.4. The van der Waals surface area contributed by atoms with Gasteiger partial charge in [0.15, 0.2) is 0 Å². The van der Waals surface area contributed by atoms with Gasteiger partial charge in [-0.2, -0.15) is 0 Å². The molecule has 0 unspecified atom stereocenters. The lowest BCUT2D eigenvalue weighted by Crippen LogP contribution is -2.32. The molecule has 30 heavy (non-hydrogen) atoms. The summed E-state index contributed by atoms with van der Waals surface area (Å²) in [5, 5.41) is 3.21. The highest BCUT2D eigenvalue weighted by atomic mass is 79.9. The fourth-order valence-corrected chi connectivity index (χ4v) is 4.14. The van der Waals surface area contributed by atoms with E-state index in [4.69, 9.17) is 16.3 Å². The Morgan fingerprint density at radius 2 is 1.90 bits per heavy atom. The molecule has 1 N–H and O–H groups in total. The minimum atomic E-state index is -3.50. The number of rotatable bonds is 10. The second kappa shape index (κ2) is 11.0. The summed E-state index contributed by atoms with van der Waals surface area (Å²) >= 11 is 9.37. The highest BCUT2D eigenvalue weighted by Gasteiger charge is 2.18. The predicted octanol–water partition coefficient (Wildman–Crippen LogP) is 4.46. The van der Waals surface area contributed by atoms with E-state index in [2.05, 4.69) is 21.2 Å². The van der Waals surface area contributed by atoms with Gasteiger partial charge in [-0.1, -0.05) is 17.7 Å². The Labute approximate surface area is 191 Å². The largest absolute Gasteiger partial charge is 0.492 e. The molecule has 0 bridgehead atoms. The summed E-state index contributed by atoms with van der Waals surface area (Å²) in [5.74, 6) is 0.616. The van der Waals surface area contributed by atoms with Crippen LogP contribution in [0.3, 0.4) is 0 Å². The van der Waals surface area contributed by atoms with Crippen LogP contribution in [0.15, 0.2) is 40.9 Å². The van der Waals surface area contributed by atoms with Crippen molar-refractivity contribution in [3.05, 3.63) is 57.0 Å². The van der Waals surface area contributed by atoms with Gasteiger partial charge in [0.2, 0.25) is 15.9 Å². The van der Waals surface area contributed by atoms with E-state index in [0.717, 1.165) is 17.6 Å². The van der Waals surface area contributed by atoms with Crippen molar-refractivity contribution in [2.24, 2.45) is 0 Å². The summed E-state index contributed by atoms with van der Waals surface area (Å²) in [7, 11) is -3.50. The fourth-order valence-electron chi connectivity index (χ4n) is 2.76. The van der Waals surface area contributed by atoms with Crippen LogP contribution in [0.4, 0.5) is 5.69 Å². The van der Waals surface area contributed by atoms with Gasteiger partial charge in [0.1, 0.15) is 12.4 Å². The standard InChI is InChI=1S/C21H26BrClN2O4S/c1-15-6-8-18(13-16(15)2)29-12-10-24-21(26)5-4-11-25(30(3,27)28)17-7-9-19(22)20(23)14-17/h6-9,13-14H,4-5,10-12H2,1-3H3,(H,24,26). The number of hydrogen-bond acceptors (Lipinski definition) is 4. The van der Waals surface area contributed by atoms with E-state index in [1.807, 2.05) is 32.0 Å². The highest BCUT2D eigenvalue weighted by Crippen LogP contribution is 2.29. The van der Waals surface area contributed by atoms with Crippen molar-refractivity contribution in [3.8, 4) is 5.75 Å². The predicted molar refractivity (Wildman–Crippen MR) is 125 cm³/mol. The molecule has 164 valence electrons. The first-order valence-corrected chi connectivity index (χ1v) is 12.5. The zero-order valence-electron chi connectivity index (χ0n) is 17.2. The van der Waals surface area contributed by atoms with Crippen molar-refractivity contribution in [3.63, 3.8) is 0 Å². The Kier molecular flexibility index (Phi) is 9.00. The van der Waals surface area contributed by atoms with Crippen LogP contribution in [-0.4, -0.2) is 40.3 Å². The van der Waals surface area contributed by atoms with E-state index in [0.29, 0.717) is 34.8 Å². The maximum Gasteiger partial charge on any atom is 0.232 e. The molecule has 1 amide bonds. The van der Waals surface area contributed by atoms with Gasteiger partial charge in [-0.05, 0) is 77.7 Å². The molecule has 0 radical (unpaired) electrons. The first-order chi connectivity index (χ1) is 14.1. The van der Waals surface area contributed by atoms with Gasteiger partial charge < -0.3 is 10.1 Å². The molecule has 0 aromatic heterocycles.